The van der Waals surface area contributed by atoms with Crippen molar-refractivity contribution in [1.29, 1.82) is 0 Å². The number of carbonyl (C=O) groups is 1. The van der Waals surface area contributed by atoms with Gasteiger partial charge in [0, 0.05) is 39.1 Å². The first kappa shape index (κ1) is 17.0. The Bertz CT molecular complexity index is 449. The summed E-state index contributed by atoms with van der Waals surface area (Å²) in [5.74, 6) is 0.268. The quantitative estimate of drug-likeness (QED) is 0.805. The third kappa shape index (κ3) is 5.43. The monoisotopic (exact) mass is 303 g/mol. The minimum absolute atomic E-state index is 0.268. The molecule has 1 saturated heterocycles. The molecule has 0 spiro atoms. The topological polar surface area (TPSA) is 26.8 Å². The summed E-state index contributed by atoms with van der Waals surface area (Å²) in [6.07, 6.45) is 1.83. The molecular formula is C18H29N3O. The van der Waals surface area contributed by atoms with Crippen LogP contribution in [0.2, 0.25) is 0 Å². The number of amides is 1. The molecule has 1 heterocycles. The fourth-order valence-electron chi connectivity index (χ4n) is 2.92. The Morgan fingerprint density at radius 2 is 1.91 bits per heavy atom. The van der Waals surface area contributed by atoms with Gasteiger partial charge in [-0.2, -0.15) is 0 Å². The fraction of sp³-hybridized carbons (Fsp3) is 0.611. The van der Waals surface area contributed by atoms with Crippen molar-refractivity contribution in [3.8, 4) is 0 Å². The van der Waals surface area contributed by atoms with E-state index >= 15 is 0 Å². The molecule has 0 bridgehead atoms. The Balaban J connectivity index is 1.79. The lowest BCUT2D eigenvalue weighted by Gasteiger charge is -2.24. The average Bonchev–Trinajstić information content (AvgIpc) is 2.75. The van der Waals surface area contributed by atoms with Crippen molar-refractivity contribution in [2.75, 3.05) is 46.3 Å². The van der Waals surface area contributed by atoms with Gasteiger partial charge in [-0.25, -0.2) is 0 Å². The van der Waals surface area contributed by atoms with E-state index in [1.807, 2.05) is 23.1 Å². The first-order valence-corrected chi connectivity index (χ1v) is 8.41. The van der Waals surface area contributed by atoms with Crippen molar-refractivity contribution in [1.82, 2.24) is 14.7 Å². The molecule has 0 aromatic heterocycles. The van der Waals surface area contributed by atoms with Crippen LogP contribution in [0, 0.1) is 0 Å². The summed E-state index contributed by atoms with van der Waals surface area (Å²) in [7, 11) is 2.17. The van der Waals surface area contributed by atoms with Crippen LogP contribution >= 0.6 is 0 Å². The van der Waals surface area contributed by atoms with Gasteiger partial charge in [0.05, 0.1) is 0 Å². The number of likely N-dealkylation sites (N-methyl/N-ethyl adjacent to an activating group) is 1. The van der Waals surface area contributed by atoms with Crippen LogP contribution in [-0.2, 0) is 11.3 Å². The van der Waals surface area contributed by atoms with E-state index in [0.717, 1.165) is 39.3 Å². The zero-order valence-corrected chi connectivity index (χ0v) is 14.0. The summed E-state index contributed by atoms with van der Waals surface area (Å²) in [5.41, 5.74) is 1.20. The van der Waals surface area contributed by atoms with E-state index in [1.54, 1.807) is 0 Å². The highest BCUT2D eigenvalue weighted by atomic mass is 16.2. The first-order chi connectivity index (χ1) is 10.7. The van der Waals surface area contributed by atoms with Gasteiger partial charge >= 0.3 is 0 Å². The van der Waals surface area contributed by atoms with Gasteiger partial charge in [0.15, 0.2) is 0 Å². The molecule has 0 unspecified atom stereocenters. The summed E-state index contributed by atoms with van der Waals surface area (Å²) in [6.45, 7) is 8.90. The number of carbonyl (C=O) groups excluding carboxylic acids is 1. The summed E-state index contributed by atoms with van der Waals surface area (Å²) in [4.78, 5) is 19.2. The SMILES string of the molecule is CCN(Cc1ccccc1)C(=O)CCN1CCCN(C)CC1. The fourth-order valence-corrected chi connectivity index (χ4v) is 2.92. The van der Waals surface area contributed by atoms with Gasteiger partial charge in [-0.05, 0) is 39.0 Å². The predicted octanol–water partition coefficient (Wildman–Crippen LogP) is 2.06. The Labute approximate surface area is 134 Å². The van der Waals surface area contributed by atoms with E-state index in [4.69, 9.17) is 0 Å². The van der Waals surface area contributed by atoms with Crippen LogP contribution in [0.4, 0.5) is 0 Å². The van der Waals surface area contributed by atoms with Crippen LogP contribution in [0.15, 0.2) is 30.3 Å². The van der Waals surface area contributed by atoms with Crippen molar-refractivity contribution >= 4 is 5.91 Å². The lowest BCUT2D eigenvalue weighted by Crippen LogP contribution is -2.35. The standard InChI is InChI=1S/C18H29N3O/c1-3-21(16-17-8-5-4-6-9-17)18(22)10-13-20-12-7-11-19(2)14-15-20/h4-6,8-9H,3,7,10-16H2,1-2H3. The molecule has 1 aromatic rings. The maximum atomic E-state index is 12.5. The number of nitrogens with zero attached hydrogens (tertiary/aromatic N) is 3. The molecule has 122 valence electrons. The molecule has 1 aromatic carbocycles. The van der Waals surface area contributed by atoms with Crippen LogP contribution < -0.4 is 0 Å². The van der Waals surface area contributed by atoms with Crippen molar-refractivity contribution < 1.29 is 4.79 Å². The molecule has 2 rings (SSSR count). The number of benzene rings is 1. The molecule has 0 radical (unpaired) electrons. The Kier molecular flexibility index (Phi) is 6.87. The molecule has 0 saturated carbocycles. The lowest BCUT2D eigenvalue weighted by molar-refractivity contribution is -0.132. The molecule has 22 heavy (non-hydrogen) atoms. The van der Waals surface area contributed by atoms with Crippen LogP contribution in [0.1, 0.15) is 25.3 Å². The first-order valence-electron chi connectivity index (χ1n) is 8.41. The molecule has 0 aliphatic carbocycles. The van der Waals surface area contributed by atoms with E-state index in [-0.39, 0.29) is 5.91 Å². The highest BCUT2D eigenvalue weighted by molar-refractivity contribution is 5.76. The van der Waals surface area contributed by atoms with E-state index in [2.05, 4.69) is 35.9 Å². The van der Waals surface area contributed by atoms with Crippen LogP contribution in [0.25, 0.3) is 0 Å². The molecule has 1 fully saturated rings. The molecule has 4 nitrogen and oxygen atoms in total. The number of rotatable bonds is 6. The normalized spacial score (nSPS) is 17.2. The molecule has 1 aliphatic rings. The summed E-state index contributed by atoms with van der Waals surface area (Å²) < 4.78 is 0. The maximum absolute atomic E-state index is 12.5. The van der Waals surface area contributed by atoms with E-state index < -0.39 is 0 Å². The van der Waals surface area contributed by atoms with Crippen molar-refractivity contribution in [2.24, 2.45) is 0 Å². The summed E-state index contributed by atoms with van der Waals surface area (Å²) in [5, 5.41) is 0. The van der Waals surface area contributed by atoms with E-state index in [1.165, 1.54) is 18.5 Å². The van der Waals surface area contributed by atoms with E-state index in [9.17, 15) is 4.79 Å². The third-order valence-corrected chi connectivity index (χ3v) is 4.40. The second-order valence-corrected chi connectivity index (χ2v) is 6.14. The second-order valence-electron chi connectivity index (χ2n) is 6.14. The molecule has 0 atom stereocenters. The molecule has 1 aliphatic heterocycles. The smallest absolute Gasteiger partial charge is 0.224 e. The van der Waals surface area contributed by atoms with E-state index in [0.29, 0.717) is 6.42 Å². The van der Waals surface area contributed by atoms with Gasteiger partial charge in [0.1, 0.15) is 0 Å². The van der Waals surface area contributed by atoms with Crippen LogP contribution in [0.5, 0.6) is 0 Å². The van der Waals surface area contributed by atoms with Gasteiger partial charge in [-0.1, -0.05) is 30.3 Å². The number of hydrogen-bond donors (Lipinski definition) is 0. The summed E-state index contributed by atoms with van der Waals surface area (Å²) >= 11 is 0. The van der Waals surface area contributed by atoms with Crippen molar-refractivity contribution in [2.45, 2.75) is 26.3 Å². The average molecular weight is 303 g/mol. The predicted molar refractivity (Wildman–Crippen MR) is 90.7 cm³/mol. The van der Waals surface area contributed by atoms with Gasteiger partial charge < -0.3 is 14.7 Å². The minimum Gasteiger partial charge on any atom is -0.339 e. The van der Waals surface area contributed by atoms with Gasteiger partial charge in [-0.15, -0.1) is 0 Å². The highest BCUT2D eigenvalue weighted by Crippen LogP contribution is 2.07. The van der Waals surface area contributed by atoms with Crippen molar-refractivity contribution in [3.63, 3.8) is 0 Å². The third-order valence-electron chi connectivity index (χ3n) is 4.40. The lowest BCUT2D eigenvalue weighted by atomic mass is 10.2. The zero-order valence-electron chi connectivity index (χ0n) is 14.0. The van der Waals surface area contributed by atoms with Crippen molar-refractivity contribution in [3.05, 3.63) is 35.9 Å². The largest absolute Gasteiger partial charge is 0.339 e. The second kappa shape index (κ2) is 8.91. The Hall–Kier alpha value is -1.39. The highest BCUT2D eigenvalue weighted by Gasteiger charge is 2.16. The maximum Gasteiger partial charge on any atom is 0.224 e. The van der Waals surface area contributed by atoms with Gasteiger partial charge in [-0.3, -0.25) is 4.79 Å². The Morgan fingerprint density at radius 1 is 1.14 bits per heavy atom. The summed E-state index contributed by atoms with van der Waals surface area (Å²) in [6, 6.07) is 10.2. The number of hydrogen-bond acceptors (Lipinski definition) is 3. The van der Waals surface area contributed by atoms with Crippen LogP contribution in [-0.4, -0.2) is 66.9 Å². The zero-order chi connectivity index (χ0) is 15.8. The molecule has 4 heteroatoms. The Morgan fingerprint density at radius 3 is 2.64 bits per heavy atom. The van der Waals surface area contributed by atoms with Gasteiger partial charge in [0.25, 0.3) is 0 Å². The molecular weight excluding hydrogens is 274 g/mol. The van der Waals surface area contributed by atoms with Gasteiger partial charge in [0.2, 0.25) is 5.91 Å². The minimum atomic E-state index is 0.268. The molecule has 1 amide bonds. The van der Waals surface area contributed by atoms with Crippen LogP contribution in [0.3, 0.4) is 0 Å². The molecule has 0 N–H and O–H groups in total.